The fourth-order valence-corrected chi connectivity index (χ4v) is 1.79. The number of hydrogen-bond acceptors (Lipinski definition) is 1. The Morgan fingerprint density at radius 3 is 2.25 bits per heavy atom. The highest BCUT2D eigenvalue weighted by molar-refractivity contribution is 6.08. The zero-order chi connectivity index (χ0) is 12.0. The van der Waals surface area contributed by atoms with Crippen molar-refractivity contribution in [3.8, 4) is 0 Å². The van der Waals surface area contributed by atoms with Crippen molar-refractivity contribution in [2.24, 2.45) is 0 Å². The molecule has 0 saturated carbocycles. The third-order valence-electron chi connectivity index (χ3n) is 2.78. The van der Waals surface area contributed by atoms with E-state index in [4.69, 9.17) is 0 Å². The Hall–Kier alpha value is -1.37. The van der Waals surface area contributed by atoms with E-state index in [2.05, 4.69) is 19.1 Å². The van der Waals surface area contributed by atoms with Crippen LogP contribution in [-0.4, -0.2) is 5.78 Å². The van der Waals surface area contributed by atoms with Crippen LogP contribution in [0.5, 0.6) is 0 Å². The molecule has 86 valence electrons. The predicted octanol–water partition coefficient (Wildman–Crippen LogP) is 4.18. The van der Waals surface area contributed by atoms with E-state index >= 15 is 0 Å². The van der Waals surface area contributed by atoms with Crippen molar-refractivity contribution >= 4 is 5.78 Å². The van der Waals surface area contributed by atoms with Crippen LogP contribution in [0.3, 0.4) is 0 Å². The van der Waals surface area contributed by atoms with Gasteiger partial charge in [0.05, 0.1) is 0 Å². The monoisotopic (exact) mass is 216 g/mol. The first kappa shape index (κ1) is 12.7. The summed E-state index contributed by atoms with van der Waals surface area (Å²) in [6.07, 6.45) is 4.93. The number of Topliss-reactive ketones (excluding diaryl/α,β-unsaturated/α-hetero) is 1. The fourth-order valence-electron chi connectivity index (χ4n) is 1.79. The van der Waals surface area contributed by atoms with Crippen LogP contribution in [0.15, 0.2) is 35.9 Å². The van der Waals surface area contributed by atoms with E-state index in [0.717, 1.165) is 30.4 Å². The lowest BCUT2D eigenvalue weighted by molar-refractivity contribution is 0.103. The molecular weight excluding hydrogens is 196 g/mol. The summed E-state index contributed by atoms with van der Waals surface area (Å²) in [6, 6.07) is 7.98. The molecule has 0 aliphatic heterocycles. The minimum atomic E-state index is 0.160. The molecule has 0 aromatic heterocycles. The van der Waals surface area contributed by atoms with Gasteiger partial charge in [0.1, 0.15) is 0 Å². The first-order valence-electron chi connectivity index (χ1n) is 6.01. The van der Waals surface area contributed by atoms with E-state index in [1.54, 1.807) is 0 Å². The summed E-state index contributed by atoms with van der Waals surface area (Å²) in [6.45, 7) is 6.09. The molecule has 1 nitrogen and oxygen atoms in total. The zero-order valence-corrected chi connectivity index (χ0v) is 10.4. The Balaban J connectivity index is 2.85. The number of carbonyl (C=O) groups excluding carboxylic acids is 1. The molecule has 0 saturated heterocycles. The van der Waals surface area contributed by atoms with Crippen LogP contribution in [0.2, 0.25) is 0 Å². The van der Waals surface area contributed by atoms with Gasteiger partial charge in [-0.1, -0.05) is 50.6 Å². The minimum Gasteiger partial charge on any atom is -0.289 e. The molecule has 0 N–H and O–H groups in total. The summed E-state index contributed by atoms with van der Waals surface area (Å²) in [4.78, 5) is 12.0. The highest BCUT2D eigenvalue weighted by Gasteiger charge is 2.08. The summed E-state index contributed by atoms with van der Waals surface area (Å²) in [5, 5.41) is 0. The van der Waals surface area contributed by atoms with Crippen LogP contribution in [0, 0.1) is 0 Å². The van der Waals surface area contributed by atoms with E-state index in [0.29, 0.717) is 0 Å². The first-order valence-corrected chi connectivity index (χ1v) is 6.01. The van der Waals surface area contributed by atoms with Gasteiger partial charge in [-0.25, -0.2) is 0 Å². The van der Waals surface area contributed by atoms with Gasteiger partial charge in [0.2, 0.25) is 0 Å². The number of hydrogen-bond donors (Lipinski definition) is 0. The van der Waals surface area contributed by atoms with Crippen LogP contribution in [0.4, 0.5) is 0 Å². The second-order valence-corrected chi connectivity index (χ2v) is 3.94. The standard InChI is InChI=1S/C15H20O/c1-4-7-12-8-10-14(11-9-12)15(16)13(5-2)6-3/h5,8-11H,4,6-7H2,1-3H3/b13-5+. The Morgan fingerprint density at radius 1 is 1.19 bits per heavy atom. The Labute approximate surface area is 98.2 Å². The molecule has 0 unspecified atom stereocenters. The van der Waals surface area contributed by atoms with Crippen molar-refractivity contribution in [3.05, 3.63) is 47.0 Å². The van der Waals surface area contributed by atoms with Crippen molar-refractivity contribution in [2.75, 3.05) is 0 Å². The van der Waals surface area contributed by atoms with Crippen LogP contribution < -0.4 is 0 Å². The Bertz CT molecular complexity index is 371. The van der Waals surface area contributed by atoms with Gasteiger partial charge in [0, 0.05) is 5.56 Å². The van der Waals surface area contributed by atoms with Gasteiger partial charge >= 0.3 is 0 Å². The van der Waals surface area contributed by atoms with E-state index < -0.39 is 0 Å². The lowest BCUT2D eigenvalue weighted by Crippen LogP contribution is -2.02. The average Bonchev–Trinajstić information content (AvgIpc) is 2.32. The predicted molar refractivity (Wildman–Crippen MR) is 68.8 cm³/mol. The molecular formula is C15H20O. The SMILES string of the molecule is C/C=C(\CC)C(=O)c1ccc(CCC)cc1. The van der Waals surface area contributed by atoms with Crippen molar-refractivity contribution < 1.29 is 4.79 Å². The van der Waals surface area contributed by atoms with Gasteiger partial charge in [-0.05, 0) is 30.9 Å². The molecule has 0 amide bonds. The molecule has 1 rings (SSSR count). The summed E-state index contributed by atoms with van der Waals surface area (Å²) >= 11 is 0. The molecule has 0 atom stereocenters. The minimum absolute atomic E-state index is 0.160. The van der Waals surface area contributed by atoms with E-state index in [-0.39, 0.29) is 5.78 Å². The van der Waals surface area contributed by atoms with Gasteiger partial charge in [-0.2, -0.15) is 0 Å². The van der Waals surface area contributed by atoms with E-state index in [9.17, 15) is 4.79 Å². The molecule has 16 heavy (non-hydrogen) atoms. The molecule has 0 aliphatic carbocycles. The Kier molecular flexibility index (Phi) is 4.97. The van der Waals surface area contributed by atoms with E-state index in [1.807, 2.05) is 32.1 Å². The summed E-state index contributed by atoms with van der Waals surface area (Å²) in [7, 11) is 0. The van der Waals surface area contributed by atoms with Gasteiger partial charge in [0.25, 0.3) is 0 Å². The van der Waals surface area contributed by atoms with Gasteiger partial charge < -0.3 is 0 Å². The lowest BCUT2D eigenvalue weighted by Gasteiger charge is -2.04. The second kappa shape index (κ2) is 6.26. The zero-order valence-electron chi connectivity index (χ0n) is 10.4. The van der Waals surface area contributed by atoms with Gasteiger partial charge in [-0.3, -0.25) is 4.79 Å². The van der Waals surface area contributed by atoms with Gasteiger partial charge in [-0.15, -0.1) is 0 Å². The summed E-state index contributed by atoms with van der Waals surface area (Å²) in [5.74, 6) is 0.160. The molecule has 0 bridgehead atoms. The molecule has 1 aromatic carbocycles. The maximum atomic E-state index is 12.0. The molecule has 0 spiro atoms. The topological polar surface area (TPSA) is 17.1 Å². The Morgan fingerprint density at radius 2 is 1.81 bits per heavy atom. The highest BCUT2D eigenvalue weighted by Crippen LogP contribution is 2.13. The second-order valence-electron chi connectivity index (χ2n) is 3.94. The van der Waals surface area contributed by atoms with E-state index in [1.165, 1.54) is 5.56 Å². The van der Waals surface area contributed by atoms with Crippen LogP contribution in [0.1, 0.15) is 49.5 Å². The normalized spacial score (nSPS) is 11.6. The molecule has 1 heteroatoms. The number of rotatable bonds is 5. The number of carbonyl (C=O) groups is 1. The number of benzene rings is 1. The van der Waals surface area contributed by atoms with Crippen molar-refractivity contribution in [3.63, 3.8) is 0 Å². The maximum absolute atomic E-state index is 12.0. The van der Waals surface area contributed by atoms with Gasteiger partial charge in [0.15, 0.2) is 5.78 Å². The highest BCUT2D eigenvalue weighted by atomic mass is 16.1. The van der Waals surface area contributed by atoms with Crippen molar-refractivity contribution in [1.82, 2.24) is 0 Å². The third-order valence-corrected chi connectivity index (χ3v) is 2.78. The summed E-state index contributed by atoms with van der Waals surface area (Å²) < 4.78 is 0. The molecule has 0 aliphatic rings. The molecule has 0 radical (unpaired) electrons. The molecule has 0 heterocycles. The van der Waals surface area contributed by atoms with Crippen molar-refractivity contribution in [1.29, 1.82) is 0 Å². The van der Waals surface area contributed by atoms with Crippen LogP contribution >= 0.6 is 0 Å². The third kappa shape index (κ3) is 3.06. The first-order chi connectivity index (χ1) is 7.72. The number of allylic oxidation sites excluding steroid dienone is 2. The summed E-state index contributed by atoms with van der Waals surface area (Å²) in [5.41, 5.74) is 3.00. The number of aryl methyl sites for hydroxylation is 1. The largest absolute Gasteiger partial charge is 0.289 e. The lowest BCUT2D eigenvalue weighted by atomic mass is 9.99. The van der Waals surface area contributed by atoms with Crippen molar-refractivity contribution in [2.45, 2.75) is 40.0 Å². The number of ketones is 1. The molecule has 1 aromatic rings. The van der Waals surface area contributed by atoms with Crippen LogP contribution in [0.25, 0.3) is 0 Å². The molecule has 0 fully saturated rings. The quantitative estimate of drug-likeness (QED) is 0.533. The van der Waals surface area contributed by atoms with Crippen LogP contribution in [-0.2, 0) is 6.42 Å². The maximum Gasteiger partial charge on any atom is 0.188 e. The fraction of sp³-hybridized carbons (Fsp3) is 0.400. The average molecular weight is 216 g/mol. The smallest absolute Gasteiger partial charge is 0.188 e.